The van der Waals surface area contributed by atoms with E-state index in [9.17, 15) is 4.79 Å². The van der Waals surface area contributed by atoms with Crippen LogP contribution >= 0.6 is 0 Å². The van der Waals surface area contributed by atoms with Gasteiger partial charge in [0.1, 0.15) is 5.75 Å². The number of aromatic hydroxyl groups is 1. The predicted octanol–water partition coefficient (Wildman–Crippen LogP) is -2.24. The van der Waals surface area contributed by atoms with Gasteiger partial charge >= 0.3 is 7.12 Å². The van der Waals surface area contributed by atoms with Crippen LogP contribution in [-0.2, 0) is 0 Å². The molecule has 0 aliphatic rings. The second kappa shape index (κ2) is 2.77. The molecule has 1 aromatic heterocycles. The fourth-order valence-corrected chi connectivity index (χ4v) is 0.679. The van der Waals surface area contributed by atoms with Crippen LogP contribution < -0.4 is 11.0 Å². The van der Waals surface area contributed by atoms with Crippen LogP contribution in [0.2, 0.25) is 0 Å². The third-order valence-corrected chi connectivity index (χ3v) is 1.21. The number of nitrogens with one attached hydrogen (secondary N) is 1. The van der Waals surface area contributed by atoms with Gasteiger partial charge < -0.3 is 20.1 Å². The van der Waals surface area contributed by atoms with Crippen molar-refractivity contribution in [3.8, 4) is 5.75 Å². The Hall–Kier alpha value is -1.27. The normalized spacial score (nSPS) is 9.64. The molecule has 0 atom stereocenters. The lowest BCUT2D eigenvalue weighted by molar-refractivity contribution is 0.419. The molecule has 0 radical (unpaired) electrons. The first-order valence-corrected chi connectivity index (χ1v) is 2.89. The standard InChI is InChI=1S/C5H6BNO4/c8-4-1-5(9)7-2-3(4)6(10)11/h1-2,10-11H,(H2,7,8,9). The van der Waals surface area contributed by atoms with Crippen LogP contribution in [0.1, 0.15) is 0 Å². The number of pyridine rings is 1. The molecule has 5 nitrogen and oxygen atoms in total. The summed E-state index contributed by atoms with van der Waals surface area (Å²) in [6, 6.07) is 0.870. The fraction of sp³-hybridized carbons (Fsp3) is 0. The van der Waals surface area contributed by atoms with Crippen LogP contribution in [0.5, 0.6) is 5.75 Å². The summed E-state index contributed by atoms with van der Waals surface area (Å²) in [6.07, 6.45) is 1.04. The van der Waals surface area contributed by atoms with Crippen LogP contribution in [0.3, 0.4) is 0 Å². The third-order valence-electron chi connectivity index (χ3n) is 1.21. The molecule has 11 heavy (non-hydrogen) atoms. The van der Waals surface area contributed by atoms with Gasteiger partial charge in [0.15, 0.2) is 0 Å². The Morgan fingerprint density at radius 1 is 1.45 bits per heavy atom. The Morgan fingerprint density at radius 3 is 2.55 bits per heavy atom. The van der Waals surface area contributed by atoms with E-state index in [0.29, 0.717) is 0 Å². The molecule has 6 heteroatoms. The van der Waals surface area contributed by atoms with E-state index in [-0.39, 0.29) is 5.46 Å². The first kappa shape index (κ1) is 7.84. The molecule has 1 heterocycles. The second-order valence-corrected chi connectivity index (χ2v) is 2.01. The molecule has 1 aromatic rings. The average Bonchev–Trinajstić information content (AvgIpc) is 1.85. The Balaban J connectivity index is 3.20. The van der Waals surface area contributed by atoms with Gasteiger partial charge in [0.2, 0.25) is 0 Å². The number of H-pyrrole nitrogens is 1. The van der Waals surface area contributed by atoms with E-state index in [4.69, 9.17) is 15.2 Å². The quantitative estimate of drug-likeness (QED) is 0.345. The molecule has 0 aliphatic heterocycles. The van der Waals surface area contributed by atoms with Crippen LogP contribution in [-0.4, -0.2) is 27.3 Å². The monoisotopic (exact) mass is 155 g/mol. The lowest BCUT2D eigenvalue weighted by Crippen LogP contribution is -2.32. The Morgan fingerprint density at radius 2 is 2.09 bits per heavy atom. The number of hydrogen-bond acceptors (Lipinski definition) is 4. The zero-order chi connectivity index (χ0) is 8.43. The molecule has 4 N–H and O–H groups in total. The highest BCUT2D eigenvalue weighted by atomic mass is 16.4. The van der Waals surface area contributed by atoms with Crippen molar-refractivity contribution in [1.82, 2.24) is 4.98 Å². The van der Waals surface area contributed by atoms with Gasteiger partial charge in [0.05, 0.1) is 0 Å². The minimum Gasteiger partial charge on any atom is -0.508 e. The topological polar surface area (TPSA) is 93.6 Å². The molecule has 0 aliphatic carbocycles. The van der Waals surface area contributed by atoms with E-state index >= 15 is 0 Å². The summed E-state index contributed by atoms with van der Waals surface area (Å²) in [5.41, 5.74) is -0.614. The van der Waals surface area contributed by atoms with E-state index < -0.39 is 18.4 Å². The van der Waals surface area contributed by atoms with Crippen molar-refractivity contribution in [1.29, 1.82) is 0 Å². The largest absolute Gasteiger partial charge is 0.508 e. The van der Waals surface area contributed by atoms with Gasteiger partial charge in [-0.2, -0.15) is 0 Å². The van der Waals surface area contributed by atoms with E-state index in [0.717, 1.165) is 12.3 Å². The number of aromatic nitrogens is 1. The minimum atomic E-state index is -1.77. The SMILES string of the molecule is O=c1cc(O)c(B(O)O)c[nH]1. The molecule has 1 rings (SSSR count). The van der Waals surface area contributed by atoms with Gasteiger partial charge in [0, 0.05) is 17.7 Å². The molecule has 58 valence electrons. The molecule has 0 amide bonds. The zero-order valence-corrected chi connectivity index (χ0v) is 5.48. The highest BCUT2D eigenvalue weighted by molar-refractivity contribution is 6.59. The van der Waals surface area contributed by atoms with Crippen molar-refractivity contribution >= 4 is 12.6 Å². The Bertz CT molecular complexity index is 308. The minimum absolute atomic E-state index is 0.121. The van der Waals surface area contributed by atoms with Crippen LogP contribution in [0.25, 0.3) is 0 Å². The van der Waals surface area contributed by atoms with Crippen molar-refractivity contribution in [2.24, 2.45) is 0 Å². The summed E-state index contributed by atoms with van der Waals surface area (Å²) in [5, 5.41) is 26.1. The van der Waals surface area contributed by atoms with E-state index in [1.165, 1.54) is 0 Å². The number of aromatic amines is 1. The van der Waals surface area contributed by atoms with Crippen LogP contribution in [0.4, 0.5) is 0 Å². The van der Waals surface area contributed by atoms with Crippen LogP contribution in [0.15, 0.2) is 17.1 Å². The summed E-state index contributed by atoms with van der Waals surface area (Å²) in [5.74, 6) is -0.427. The van der Waals surface area contributed by atoms with Crippen molar-refractivity contribution in [2.75, 3.05) is 0 Å². The maximum absolute atomic E-state index is 10.5. The van der Waals surface area contributed by atoms with Gasteiger partial charge in [-0.1, -0.05) is 0 Å². The van der Waals surface area contributed by atoms with Crippen molar-refractivity contribution < 1.29 is 15.2 Å². The zero-order valence-electron chi connectivity index (χ0n) is 5.48. The smallest absolute Gasteiger partial charge is 0.493 e. The predicted molar refractivity (Wildman–Crippen MR) is 38.6 cm³/mol. The lowest BCUT2D eigenvalue weighted by atomic mass is 9.81. The highest BCUT2D eigenvalue weighted by Crippen LogP contribution is 1.97. The molecule has 0 fully saturated rings. The fourth-order valence-electron chi connectivity index (χ4n) is 0.679. The summed E-state index contributed by atoms with van der Waals surface area (Å²) in [7, 11) is -1.77. The van der Waals surface area contributed by atoms with Crippen molar-refractivity contribution in [3.05, 3.63) is 22.6 Å². The average molecular weight is 155 g/mol. The molecular formula is C5H6BNO4. The molecule has 0 aromatic carbocycles. The first-order chi connectivity index (χ1) is 5.11. The maximum atomic E-state index is 10.5. The molecule has 0 unspecified atom stereocenters. The van der Waals surface area contributed by atoms with Gasteiger partial charge in [-0.3, -0.25) is 4.79 Å². The summed E-state index contributed by atoms with van der Waals surface area (Å²) >= 11 is 0. The van der Waals surface area contributed by atoms with E-state index in [1.54, 1.807) is 0 Å². The number of hydrogen-bond donors (Lipinski definition) is 4. The van der Waals surface area contributed by atoms with Crippen molar-refractivity contribution in [2.45, 2.75) is 0 Å². The molecule has 0 saturated carbocycles. The van der Waals surface area contributed by atoms with Gasteiger partial charge in [-0.15, -0.1) is 0 Å². The molecule has 0 saturated heterocycles. The van der Waals surface area contributed by atoms with Gasteiger partial charge in [-0.05, 0) is 0 Å². The summed E-state index contributed by atoms with van der Waals surface area (Å²) in [4.78, 5) is 12.7. The lowest BCUT2D eigenvalue weighted by Gasteiger charge is -1.99. The van der Waals surface area contributed by atoms with Crippen molar-refractivity contribution in [3.63, 3.8) is 0 Å². The third kappa shape index (κ3) is 1.60. The maximum Gasteiger partial charge on any atom is 0.493 e. The number of rotatable bonds is 1. The first-order valence-electron chi connectivity index (χ1n) is 2.89. The van der Waals surface area contributed by atoms with Crippen LogP contribution in [0, 0.1) is 0 Å². The summed E-state index contributed by atoms with van der Waals surface area (Å²) in [6.45, 7) is 0. The van der Waals surface area contributed by atoms with Gasteiger partial charge in [-0.25, -0.2) is 0 Å². The van der Waals surface area contributed by atoms with Gasteiger partial charge in [0.25, 0.3) is 5.56 Å². The second-order valence-electron chi connectivity index (χ2n) is 2.01. The Labute approximate surface area is 62.1 Å². The molecular weight excluding hydrogens is 149 g/mol. The van der Waals surface area contributed by atoms with E-state index in [2.05, 4.69) is 4.98 Å². The summed E-state index contributed by atoms with van der Waals surface area (Å²) < 4.78 is 0. The molecule has 0 bridgehead atoms. The Kier molecular flexibility index (Phi) is 1.97. The van der Waals surface area contributed by atoms with E-state index in [1.807, 2.05) is 0 Å². The highest BCUT2D eigenvalue weighted by Gasteiger charge is 2.15. The molecule has 0 spiro atoms.